The van der Waals surface area contributed by atoms with Gasteiger partial charge in [0.25, 0.3) is 15.6 Å². The molecule has 178 valence electrons. The van der Waals surface area contributed by atoms with E-state index in [2.05, 4.69) is 0 Å². The highest BCUT2D eigenvalue weighted by Crippen LogP contribution is 2.50. The van der Waals surface area contributed by atoms with Gasteiger partial charge in [0.1, 0.15) is 0 Å². The molecule has 2 rings (SSSR count). The monoisotopic (exact) mass is 495 g/mol. The smallest absolute Gasteiger partial charge is 0.369 e. The highest BCUT2D eigenvalue weighted by molar-refractivity contribution is 7.92. The molecule has 0 spiro atoms. The van der Waals surface area contributed by atoms with Gasteiger partial charge in [-0.05, 0) is 24.3 Å². The number of nitrogens with zero attached hydrogens (tertiary/aromatic N) is 1. The minimum atomic E-state index is -6.18. The van der Waals surface area contributed by atoms with E-state index in [4.69, 9.17) is 0 Å². The molecule has 14 heteroatoms. The molecule has 1 N–H and O–H groups in total. The lowest BCUT2D eigenvalue weighted by Gasteiger charge is -2.33. The first-order valence-electron chi connectivity index (χ1n) is 8.52. The van der Waals surface area contributed by atoms with E-state index >= 15 is 0 Å². The Morgan fingerprint density at radius 1 is 0.750 bits per heavy atom. The van der Waals surface area contributed by atoms with Gasteiger partial charge < -0.3 is 5.11 Å². The summed E-state index contributed by atoms with van der Waals surface area (Å²) in [7, 11) is -4.66. The van der Waals surface area contributed by atoms with Crippen LogP contribution in [0.25, 0.3) is 0 Å². The summed E-state index contributed by atoms with van der Waals surface area (Å²) in [6.07, 6.45) is -18.8. The van der Waals surface area contributed by atoms with Crippen molar-refractivity contribution in [2.45, 2.75) is 35.4 Å². The summed E-state index contributed by atoms with van der Waals surface area (Å²) in [4.78, 5) is -0.451. The van der Waals surface area contributed by atoms with Crippen LogP contribution < -0.4 is 4.31 Å². The number of sulfonamides is 1. The van der Waals surface area contributed by atoms with Crippen LogP contribution in [0.1, 0.15) is 12.0 Å². The van der Waals surface area contributed by atoms with Crippen molar-refractivity contribution in [1.29, 1.82) is 0 Å². The Kier molecular flexibility index (Phi) is 6.82. The molecule has 0 saturated carbocycles. The third kappa shape index (κ3) is 5.11. The lowest BCUT2D eigenvalue weighted by atomic mass is 9.92. The maximum Gasteiger partial charge on any atom is 0.430 e. The molecule has 0 aliphatic rings. The fraction of sp³-hybridized carbons (Fsp3) is 0.333. The molecule has 0 saturated heterocycles. The molecule has 0 aromatic heterocycles. The van der Waals surface area contributed by atoms with E-state index in [1.165, 1.54) is 18.2 Å². The van der Waals surface area contributed by atoms with Crippen molar-refractivity contribution in [2.75, 3.05) is 10.8 Å². The van der Waals surface area contributed by atoms with E-state index in [9.17, 15) is 53.0 Å². The normalized spacial score (nSPS) is 13.8. The summed E-state index contributed by atoms with van der Waals surface area (Å²) in [5.41, 5.74) is -7.59. The van der Waals surface area contributed by atoms with Gasteiger partial charge in [0.2, 0.25) is 0 Å². The molecule has 32 heavy (non-hydrogen) atoms. The Balaban J connectivity index is 2.57. The van der Waals surface area contributed by atoms with E-state index in [-0.39, 0.29) is 16.4 Å². The van der Waals surface area contributed by atoms with Gasteiger partial charge in [-0.15, -0.1) is 0 Å². The van der Waals surface area contributed by atoms with Gasteiger partial charge in [-0.3, -0.25) is 4.31 Å². The molecule has 0 radical (unpaired) electrons. The predicted octanol–water partition coefficient (Wildman–Crippen LogP) is 5.15. The third-order valence-electron chi connectivity index (χ3n) is 4.32. The summed E-state index contributed by atoms with van der Waals surface area (Å²) in [6.45, 7) is -1.19. The fourth-order valence-electron chi connectivity index (χ4n) is 2.69. The zero-order valence-electron chi connectivity index (χ0n) is 15.6. The number of alkyl halides is 9. The second kappa shape index (κ2) is 8.46. The highest BCUT2D eigenvalue weighted by Gasteiger charge is 2.71. The number of halogens is 9. The zero-order valence-corrected chi connectivity index (χ0v) is 16.4. The van der Waals surface area contributed by atoms with Crippen molar-refractivity contribution in [1.82, 2.24) is 0 Å². The number of benzene rings is 2. The van der Waals surface area contributed by atoms with Crippen molar-refractivity contribution in [3.63, 3.8) is 0 Å². The van der Waals surface area contributed by atoms with Crippen LogP contribution in [0.15, 0.2) is 59.5 Å². The van der Waals surface area contributed by atoms with Crippen molar-refractivity contribution >= 4 is 15.7 Å². The predicted molar refractivity (Wildman–Crippen MR) is 94.1 cm³/mol. The van der Waals surface area contributed by atoms with Gasteiger partial charge in [-0.1, -0.05) is 30.3 Å². The van der Waals surface area contributed by atoms with Gasteiger partial charge in [-0.25, -0.2) is 8.42 Å². The van der Waals surface area contributed by atoms with Crippen molar-refractivity contribution in [3.05, 3.63) is 60.2 Å². The number of rotatable bonds is 6. The molecule has 0 heterocycles. The summed E-state index contributed by atoms with van der Waals surface area (Å²) >= 11 is 0. The Morgan fingerprint density at radius 3 is 1.62 bits per heavy atom. The van der Waals surface area contributed by atoms with Gasteiger partial charge >= 0.3 is 18.5 Å². The third-order valence-corrected chi connectivity index (χ3v) is 6.16. The minimum Gasteiger partial charge on any atom is -0.369 e. The Labute approximate surface area is 175 Å². The van der Waals surface area contributed by atoms with Crippen molar-refractivity contribution < 1.29 is 53.0 Å². The van der Waals surface area contributed by atoms with E-state index in [1.54, 1.807) is 0 Å². The summed E-state index contributed by atoms with van der Waals surface area (Å²) in [5.74, 6) is 0. The lowest BCUT2D eigenvalue weighted by Crippen LogP contribution is -2.53. The Hall–Kier alpha value is -2.48. The molecule has 0 amide bonds. The van der Waals surface area contributed by atoms with Crippen molar-refractivity contribution in [2.24, 2.45) is 0 Å². The lowest BCUT2D eigenvalue weighted by molar-refractivity contribution is -0.376. The minimum absolute atomic E-state index is 0.150. The van der Waals surface area contributed by atoms with Crippen LogP contribution in [0, 0.1) is 0 Å². The van der Waals surface area contributed by atoms with E-state index in [0.717, 1.165) is 12.1 Å². The molecule has 0 bridgehead atoms. The zero-order chi connectivity index (χ0) is 24.6. The fourth-order valence-corrected chi connectivity index (χ4v) is 4.18. The standard InChI is InChI=1S/C18H14F9NO3S/c19-15(20,21)10-11-28(32(30,31)14-4-2-1-3-5-14)13-8-6-12(7-9-13)16(29,17(22,23)24)18(25,26)27/h1-9,29H,10-11H2. The van der Waals surface area contributed by atoms with Crippen LogP contribution in [0.5, 0.6) is 0 Å². The van der Waals surface area contributed by atoms with Crippen LogP contribution in [-0.2, 0) is 15.6 Å². The molecular formula is C18H14F9NO3S. The summed E-state index contributed by atoms with van der Waals surface area (Å²) in [6, 6.07) is 7.27. The Morgan fingerprint density at radius 2 is 1.22 bits per heavy atom. The van der Waals surface area contributed by atoms with Crippen LogP contribution in [0.2, 0.25) is 0 Å². The molecule has 0 aliphatic heterocycles. The van der Waals surface area contributed by atoms with Crippen LogP contribution in [-0.4, -0.2) is 38.6 Å². The molecule has 2 aromatic carbocycles. The topological polar surface area (TPSA) is 57.6 Å². The number of aliphatic hydroxyl groups is 1. The van der Waals surface area contributed by atoms with Gasteiger partial charge in [0, 0.05) is 12.1 Å². The van der Waals surface area contributed by atoms with E-state index in [0.29, 0.717) is 12.1 Å². The van der Waals surface area contributed by atoms with Crippen LogP contribution in [0.4, 0.5) is 45.2 Å². The largest absolute Gasteiger partial charge is 0.430 e. The number of hydrogen-bond acceptors (Lipinski definition) is 3. The van der Waals surface area contributed by atoms with Gasteiger partial charge in [-0.2, -0.15) is 39.5 Å². The molecule has 0 fully saturated rings. The molecule has 4 nitrogen and oxygen atoms in total. The summed E-state index contributed by atoms with van der Waals surface area (Å²) < 4.78 is 142. The molecule has 2 aromatic rings. The first kappa shape index (κ1) is 25.8. The first-order chi connectivity index (χ1) is 14.4. The first-order valence-corrected chi connectivity index (χ1v) is 9.96. The summed E-state index contributed by atoms with van der Waals surface area (Å²) in [5, 5.41) is 9.40. The molecular weight excluding hydrogens is 481 g/mol. The van der Waals surface area contributed by atoms with Gasteiger partial charge in [0.15, 0.2) is 0 Å². The molecule has 0 atom stereocenters. The van der Waals surface area contributed by atoms with Crippen LogP contribution in [0.3, 0.4) is 0 Å². The average molecular weight is 495 g/mol. The quantitative estimate of drug-likeness (QED) is 0.565. The highest BCUT2D eigenvalue weighted by atomic mass is 32.2. The second-order valence-corrected chi connectivity index (χ2v) is 8.37. The SMILES string of the molecule is O=S(=O)(c1ccccc1)N(CCC(F)(F)F)c1ccc(C(O)(C(F)(F)F)C(F)(F)F)cc1. The molecule has 0 unspecified atom stereocenters. The van der Waals surface area contributed by atoms with E-state index in [1.807, 2.05) is 0 Å². The maximum atomic E-state index is 13.0. The maximum absolute atomic E-state index is 13.0. The van der Waals surface area contributed by atoms with Gasteiger partial charge in [0.05, 0.1) is 17.0 Å². The van der Waals surface area contributed by atoms with Crippen molar-refractivity contribution in [3.8, 4) is 0 Å². The number of hydrogen-bond donors (Lipinski definition) is 1. The Bertz CT molecular complexity index is 1000. The second-order valence-electron chi connectivity index (χ2n) is 6.51. The van der Waals surface area contributed by atoms with E-state index < -0.39 is 63.3 Å². The van der Waals surface area contributed by atoms with Crippen LogP contribution >= 0.6 is 0 Å². The number of anilines is 1. The average Bonchev–Trinajstić information content (AvgIpc) is 2.66. The molecule has 0 aliphatic carbocycles.